The number of carboxylic acids is 1. The number of carbonyl (C=O) groups is 1. The molecule has 8 nitrogen and oxygen atoms in total. The van der Waals surface area contributed by atoms with Gasteiger partial charge in [-0.05, 0) is 13.0 Å². The molecule has 0 radical (unpaired) electrons. The van der Waals surface area contributed by atoms with E-state index in [1.54, 1.807) is 0 Å². The fraction of sp³-hybridized carbons (Fsp3) is 0.400. The van der Waals surface area contributed by atoms with Gasteiger partial charge in [0.1, 0.15) is 29.4 Å². The Bertz CT molecular complexity index is 950. The summed E-state index contributed by atoms with van der Waals surface area (Å²) in [6.07, 6.45) is -7.12. The second kappa shape index (κ2) is 6.68. The first kappa shape index (κ1) is 18.9. The zero-order chi connectivity index (χ0) is 19.9. The molecule has 12 heteroatoms. The maximum atomic E-state index is 14.4. The van der Waals surface area contributed by atoms with Crippen molar-refractivity contribution in [3.8, 4) is 11.4 Å². The summed E-state index contributed by atoms with van der Waals surface area (Å²) in [7, 11) is 0. The lowest BCUT2D eigenvalue weighted by Crippen LogP contribution is -2.32. The van der Waals surface area contributed by atoms with E-state index >= 15 is 0 Å². The first-order valence-electron chi connectivity index (χ1n) is 7.66. The van der Waals surface area contributed by atoms with Crippen LogP contribution in [0.3, 0.4) is 0 Å². The highest BCUT2D eigenvalue weighted by molar-refractivity contribution is 5.91. The van der Waals surface area contributed by atoms with Crippen LogP contribution in [0, 0.1) is 5.82 Å². The molecular weight excluding hydrogens is 378 g/mol. The van der Waals surface area contributed by atoms with Gasteiger partial charge in [-0.2, -0.15) is 17.9 Å². The molecule has 2 aromatic rings. The molecule has 1 aromatic heterocycles. The van der Waals surface area contributed by atoms with Crippen molar-refractivity contribution >= 4 is 5.97 Å². The Balaban J connectivity index is 2.12. The summed E-state index contributed by atoms with van der Waals surface area (Å²) in [4.78, 5) is 23.6. The summed E-state index contributed by atoms with van der Waals surface area (Å²) in [6, 6.07) is 1.19. The van der Waals surface area contributed by atoms with Crippen molar-refractivity contribution in [2.75, 3.05) is 6.61 Å². The summed E-state index contributed by atoms with van der Waals surface area (Å²) >= 11 is 0. The molecule has 1 atom stereocenters. The summed E-state index contributed by atoms with van der Waals surface area (Å²) in [5.41, 5.74) is -2.07. The van der Waals surface area contributed by atoms with Crippen LogP contribution in [0.1, 0.15) is 23.1 Å². The molecule has 0 aliphatic carbocycles. The van der Waals surface area contributed by atoms with Crippen molar-refractivity contribution in [1.82, 2.24) is 14.3 Å². The lowest BCUT2D eigenvalue weighted by atomic mass is 10.1. The van der Waals surface area contributed by atoms with Gasteiger partial charge in [-0.1, -0.05) is 0 Å². The van der Waals surface area contributed by atoms with Gasteiger partial charge in [0, 0.05) is 6.07 Å². The number of hydrogen-bond donors (Lipinski definition) is 1. The number of ether oxygens (including phenoxy) is 2. The summed E-state index contributed by atoms with van der Waals surface area (Å²) in [5, 5.41) is 13.0. The van der Waals surface area contributed by atoms with Gasteiger partial charge in [0.25, 0.3) is 0 Å². The van der Waals surface area contributed by atoms with Crippen LogP contribution < -0.4 is 10.4 Å². The number of aromatic carboxylic acids is 1. The van der Waals surface area contributed by atoms with Gasteiger partial charge in [-0.15, -0.1) is 5.10 Å². The van der Waals surface area contributed by atoms with E-state index in [-0.39, 0.29) is 25.6 Å². The fourth-order valence-electron chi connectivity index (χ4n) is 2.47. The number of hydrogen-bond acceptors (Lipinski definition) is 5. The summed E-state index contributed by atoms with van der Waals surface area (Å²) < 4.78 is 64.4. The van der Waals surface area contributed by atoms with Crippen LogP contribution in [0.5, 0.6) is 5.75 Å². The molecule has 146 valence electrons. The number of rotatable bonds is 4. The van der Waals surface area contributed by atoms with E-state index in [0.29, 0.717) is 23.7 Å². The highest BCUT2D eigenvalue weighted by Crippen LogP contribution is 2.30. The summed E-state index contributed by atoms with van der Waals surface area (Å²) in [5.74, 6) is -3.37. The Kier molecular flexibility index (Phi) is 4.68. The predicted molar refractivity (Wildman–Crippen MR) is 80.5 cm³/mol. The Morgan fingerprint density at radius 1 is 1.41 bits per heavy atom. The van der Waals surface area contributed by atoms with Crippen molar-refractivity contribution in [3.63, 3.8) is 0 Å². The maximum absolute atomic E-state index is 14.4. The molecule has 1 aliphatic rings. The highest BCUT2D eigenvalue weighted by Gasteiger charge is 2.39. The fourth-order valence-corrected chi connectivity index (χ4v) is 2.47. The van der Waals surface area contributed by atoms with E-state index in [2.05, 4.69) is 9.84 Å². The molecular formula is C15H13F4N3O5. The van der Waals surface area contributed by atoms with Gasteiger partial charge in [-0.3, -0.25) is 4.57 Å². The van der Waals surface area contributed by atoms with E-state index in [0.717, 1.165) is 0 Å². The molecule has 0 saturated heterocycles. The molecule has 27 heavy (non-hydrogen) atoms. The van der Waals surface area contributed by atoms with Crippen molar-refractivity contribution in [3.05, 3.63) is 39.8 Å². The molecule has 0 bridgehead atoms. The largest absolute Gasteiger partial charge is 0.480 e. The molecule has 0 amide bonds. The van der Waals surface area contributed by atoms with Gasteiger partial charge in [0.2, 0.25) is 0 Å². The molecule has 1 aliphatic heterocycles. The monoisotopic (exact) mass is 391 g/mol. The third kappa shape index (κ3) is 3.52. The molecule has 1 aromatic carbocycles. The van der Waals surface area contributed by atoms with Gasteiger partial charge >= 0.3 is 17.8 Å². The number of halogens is 4. The minimum absolute atomic E-state index is 0.00549. The third-order valence-electron chi connectivity index (χ3n) is 3.90. The van der Waals surface area contributed by atoms with Crippen LogP contribution in [0.2, 0.25) is 0 Å². The molecule has 0 spiro atoms. The number of benzene rings is 1. The molecule has 0 saturated carbocycles. The number of aromatic nitrogens is 3. The molecule has 2 heterocycles. The smallest absolute Gasteiger partial charge is 0.425 e. The first-order valence-corrected chi connectivity index (χ1v) is 7.66. The van der Waals surface area contributed by atoms with E-state index in [4.69, 9.17) is 9.84 Å². The average molecular weight is 391 g/mol. The number of carboxylic acid groups (broad SMARTS) is 1. The number of nitrogens with zero attached hydrogens (tertiary/aromatic N) is 3. The molecule has 1 N–H and O–H groups in total. The lowest BCUT2D eigenvalue weighted by Gasteiger charge is -2.19. The van der Waals surface area contributed by atoms with E-state index < -0.39 is 46.8 Å². The van der Waals surface area contributed by atoms with Gasteiger partial charge in [0.05, 0.1) is 13.2 Å². The number of alkyl halides is 3. The summed E-state index contributed by atoms with van der Waals surface area (Å²) in [6.45, 7) is 1.10. The van der Waals surface area contributed by atoms with Crippen LogP contribution in [-0.2, 0) is 17.9 Å². The minimum atomic E-state index is -4.77. The molecule has 0 fully saturated rings. The van der Waals surface area contributed by atoms with E-state index in [9.17, 15) is 27.2 Å². The SMILES string of the molecule is C[C@H](Oc1cc(-n2nc3n(c2=O)CCOC3)c(F)cc1C(=O)O)C(F)(F)F. The Hall–Kier alpha value is -2.89. The lowest BCUT2D eigenvalue weighted by molar-refractivity contribution is -0.189. The zero-order valence-electron chi connectivity index (χ0n) is 13.8. The zero-order valence-corrected chi connectivity index (χ0v) is 13.8. The van der Waals surface area contributed by atoms with Crippen LogP contribution in [-0.4, -0.2) is 44.3 Å². The predicted octanol–water partition coefficient (Wildman–Crippen LogP) is 1.73. The second-order valence-corrected chi connectivity index (χ2v) is 5.72. The van der Waals surface area contributed by atoms with Crippen LogP contribution >= 0.6 is 0 Å². The van der Waals surface area contributed by atoms with Crippen molar-refractivity contribution < 1.29 is 36.9 Å². The third-order valence-corrected chi connectivity index (χ3v) is 3.90. The van der Waals surface area contributed by atoms with Crippen molar-refractivity contribution in [2.45, 2.75) is 32.4 Å². The molecule has 3 rings (SSSR count). The van der Waals surface area contributed by atoms with Gasteiger partial charge in [-0.25, -0.2) is 14.0 Å². The normalized spacial score (nSPS) is 15.3. The molecule has 0 unspecified atom stereocenters. The van der Waals surface area contributed by atoms with Crippen LogP contribution in [0.25, 0.3) is 5.69 Å². The van der Waals surface area contributed by atoms with Crippen molar-refractivity contribution in [2.24, 2.45) is 0 Å². The van der Waals surface area contributed by atoms with Crippen molar-refractivity contribution in [1.29, 1.82) is 0 Å². The Morgan fingerprint density at radius 3 is 2.70 bits per heavy atom. The quantitative estimate of drug-likeness (QED) is 0.798. The van der Waals surface area contributed by atoms with E-state index in [1.807, 2.05) is 0 Å². The minimum Gasteiger partial charge on any atom is -0.480 e. The van der Waals surface area contributed by atoms with Gasteiger partial charge < -0.3 is 14.6 Å². The van der Waals surface area contributed by atoms with Crippen LogP contribution in [0.4, 0.5) is 17.6 Å². The Morgan fingerprint density at radius 2 is 2.11 bits per heavy atom. The van der Waals surface area contributed by atoms with E-state index in [1.165, 1.54) is 4.57 Å². The average Bonchev–Trinajstić information content (AvgIpc) is 2.92. The standard InChI is InChI=1S/C15H13F4N3O5/c1-7(15(17,18)19)27-11-5-10(9(16)4-8(11)13(23)24)22-14(25)21-2-3-26-6-12(21)20-22/h4-5,7H,2-3,6H2,1H3,(H,23,24)/t7-/m0/s1. The number of fused-ring (bicyclic) bond motifs is 1. The highest BCUT2D eigenvalue weighted by atomic mass is 19.4. The second-order valence-electron chi connectivity index (χ2n) is 5.72. The maximum Gasteiger partial charge on any atom is 0.425 e. The van der Waals surface area contributed by atoms with Gasteiger partial charge in [0.15, 0.2) is 11.9 Å². The first-order chi connectivity index (χ1) is 12.6. The topological polar surface area (TPSA) is 95.6 Å². The Labute approximate surface area is 148 Å². The van der Waals surface area contributed by atoms with Crippen LogP contribution in [0.15, 0.2) is 16.9 Å².